The van der Waals surface area contributed by atoms with Crippen LogP contribution in [-0.2, 0) is 28.6 Å². The van der Waals surface area contributed by atoms with Gasteiger partial charge in [0.2, 0.25) is 6.29 Å². The second kappa shape index (κ2) is 7.25. The molecule has 188 valence electrons. The van der Waals surface area contributed by atoms with Crippen molar-refractivity contribution in [3.63, 3.8) is 0 Å². The Morgan fingerprint density at radius 1 is 1.09 bits per heavy atom. The normalized spacial score (nSPS) is 48.3. The van der Waals surface area contributed by atoms with E-state index in [0.717, 1.165) is 35.1 Å². The van der Waals surface area contributed by atoms with E-state index in [1.54, 1.807) is 0 Å². The summed E-state index contributed by atoms with van der Waals surface area (Å²) in [5.74, 6) is 0.0815. The average Bonchev–Trinajstić information content (AvgIpc) is 3.10. The van der Waals surface area contributed by atoms with Gasteiger partial charge in [0.05, 0.1) is 23.7 Å². The first kappa shape index (κ1) is 23.4. The van der Waals surface area contributed by atoms with Gasteiger partial charge in [0.1, 0.15) is 0 Å². The van der Waals surface area contributed by atoms with Gasteiger partial charge in [-0.3, -0.25) is 14.4 Å². The first-order valence-electron chi connectivity index (χ1n) is 13.0. The van der Waals surface area contributed by atoms with Crippen LogP contribution in [0.4, 0.5) is 0 Å². The van der Waals surface area contributed by atoms with Crippen molar-refractivity contribution in [3.8, 4) is 0 Å². The van der Waals surface area contributed by atoms with Crippen LogP contribution in [0.2, 0.25) is 0 Å². The van der Waals surface area contributed by atoms with Gasteiger partial charge in [-0.2, -0.15) is 0 Å². The zero-order chi connectivity index (χ0) is 25.1. The molecule has 0 radical (unpaired) electrons. The van der Waals surface area contributed by atoms with E-state index in [0.29, 0.717) is 12.8 Å². The van der Waals surface area contributed by atoms with Crippen molar-refractivity contribution in [2.75, 3.05) is 0 Å². The summed E-state index contributed by atoms with van der Waals surface area (Å²) >= 11 is 0. The van der Waals surface area contributed by atoms with Gasteiger partial charge in [-0.1, -0.05) is 29.7 Å². The smallest absolute Gasteiger partial charge is 0.304 e. The second-order valence-electron chi connectivity index (χ2n) is 12.2. The highest BCUT2D eigenvalue weighted by atomic mass is 16.7. The van der Waals surface area contributed by atoms with Gasteiger partial charge in [-0.15, -0.1) is 0 Å². The third-order valence-electron chi connectivity index (χ3n) is 10.9. The summed E-state index contributed by atoms with van der Waals surface area (Å²) in [6.45, 7) is 11.9. The summed E-state index contributed by atoms with van der Waals surface area (Å²) in [6, 6.07) is 0. The second-order valence-corrected chi connectivity index (χ2v) is 12.2. The molecule has 4 aliphatic carbocycles. The fourth-order valence-corrected chi connectivity index (χ4v) is 9.54. The molecule has 6 nitrogen and oxygen atoms in total. The van der Waals surface area contributed by atoms with Crippen molar-refractivity contribution in [1.29, 1.82) is 0 Å². The molecule has 0 aromatic carbocycles. The number of carbonyl (C=O) groups excluding carboxylic acids is 3. The minimum absolute atomic E-state index is 0.00681. The fourth-order valence-electron chi connectivity index (χ4n) is 9.54. The monoisotopic (exact) mass is 480 g/mol. The lowest BCUT2D eigenvalue weighted by atomic mass is 9.38. The number of hydrogen-bond acceptors (Lipinski definition) is 6. The molecule has 6 rings (SSSR count). The average molecular weight is 481 g/mol. The Hall–Kier alpha value is -2.05. The maximum Gasteiger partial charge on any atom is 0.304 e. The number of ether oxygens (including phenoxy) is 3. The maximum absolute atomic E-state index is 13.2. The van der Waals surface area contributed by atoms with E-state index >= 15 is 0 Å². The summed E-state index contributed by atoms with van der Waals surface area (Å²) in [5, 5.41) is 0. The molecule has 2 aliphatic heterocycles. The molecule has 0 amide bonds. The number of allylic oxidation sites excluding steroid dienone is 4. The molecule has 3 fully saturated rings. The van der Waals surface area contributed by atoms with Crippen LogP contribution in [0.3, 0.4) is 0 Å². The summed E-state index contributed by atoms with van der Waals surface area (Å²) in [4.78, 5) is 38.4. The van der Waals surface area contributed by atoms with Crippen LogP contribution in [0.5, 0.6) is 0 Å². The van der Waals surface area contributed by atoms with E-state index in [4.69, 9.17) is 14.2 Å². The van der Waals surface area contributed by atoms with E-state index in [1.165, 1.54) is 6.92 Å². The molecule has 6 aliphatic rings. The number of carbonyl (C=O) groups is 3. The van der Waals surface area contributed by atoms with Crippen LogP contribution in [0.1, 0.15) is 73.6 Å². The molecular formula is C29H36O6. The Bertz CT molecular complexity index is 1140. The van der Waals surface area contributed by atoms with E-state index in [-0.39, 0.29) is 59.5 Å². The Morgan fingerprint density at radius 2 is 1.83 bits per heavy atom. The molecule has 2 heterocycles. The minimum atomic E-state index is -0.747. The summed E-state index contributed by atoms with van der Waals surface area (Å²) < 4.78 is 19.5. The van der Waals surface area contributed by atoms with Crippen LogP contribution in [0.25, 0.3) is 0 Å². The zero-order valence-corrected chi connectivity index (χ0v) is 21.6. The topological polar surface area (TPSA) is 78.9 Å². The van der Waals surface area contributed by atoms with Crippen LogP contribution >= 0.6 is 0 Å². The first-order valence-corrected chi connectivity index (χ1v) is 13.0. The lowest BCUT2D eigenvalue weighted by Gasteiger charge is -2.63. The molecule has 0 bridgehead atoms. The lowest BCUT2D eigenvalue weighted by molar-refractivity contribution is -0.219. The highest BCUT2D eigenvalue weighted by Crippen LogP contribution is 2.78. The fraction of sp³-hybridized carbons (Fsp3) is 0.690. The van der Waals surface area contributed by atoms with Gasteiger partial charge < -0.3 is 14.2 Å². The van der Waals surface area contributed by atoms with Crippen LogP contribution < -0.4 is 0 Å². The van der Waals surface area contributed by atoms with E-state index < -0.39 is 17.1 Å². The molecular weight excluding hydrogens is 444 g/mol. The summed E-state index contributed by atoms with van der Waals surface area (Å²) in [5.41, 5.74) is 2.90. The first-order chi connectivity index (χ1) is 16.5. The van der Waals surface area contributed by atoms with Crippen molar-refractivity contribution < 1.29 is 28.6 Å². The van der Waals surface area contributed by atoms with Crippen molar-refractivity contribution >= 4 is 17.5 Å². The van der Waals surface area contributed by atoms with Crippen LogP contribution in [-0.4, -0.2) is 42.1 Å². The van der Waals surface area contributed by atoms with Gasteiger partial charge in [0.25, 0.3) is 0 Å². The van der Waals surface area contributed by atoms with Gasteiger partial charge in [-0.05, 0) is 64.5 Å². The molecule has 0 aromatic heterocycles. The SMILES string of the molecule is CC(=O)O[C@H]1O[C@@H]2CC(=O)C(C)=C(C)C[C@]23C(C)=C[C@H]2O[C@H]4CC(=O)C=C(C)[C@@H]5CC[C@@]13[C@H]2[C@@]45C. The zero-order valence-electron chi connectivity index (χ0n) is 21.6. The number of rotatable bonds is 1. The molecule has 2 spiro atoms. The number of hydrogen-bond donors (Lipinski definition) is 0. The Morgan fingerprint density at radius 3 is 2.54 bits per heavy atom. The standard InChI is InChI=1S/C29H36O6/c1-14-9-19(31)11-23-27(6)20(14)7-8-28-25(27)22(34-23)10-16(3)29(28)13-15(2)17(4)21(32)12-24(29)35-26(28)33-18(5)30/h9-10,20,22-26H,7-8,11-13H2,1-6H3/t20-,22+,23-,24+,25+,26-,27+,28+,29-/m0/s1. The molecule has 2 saturated heterocycles. The van der Waals surface area contributed by atoms with Crippen LogP contribution in [0.15, 0.2) is 34.4 Å². The summed E-state index contributed by atoms with van der Waals surface area (Å²) in [6.07, 6.45) is 5.59. The summed E-state index contributed by atoms with van der Waals surface area (Å²) in [7, 11) is 0. The molecule has 1 saturated carbocycles. The Labute approximate surface area is 207 Å². The number of esters is 1. The number of ketones is 2. The van der Waals surface area contributed by atoms with Crippen molar-refractivity contribution in [2.24, 2.45) is 28.1 Å². The van der Waals surface area contributed by atoms with E-state index in [2.05, 4.69) is 33.8 Å². The highest BCUT2D eigenvalue weighted by Gasteiger charge is 2.80. The molecule has 0 aromatic rings. The predicted molar refractivity (Wildman–Crippen MR) is 128 cm³/mol. The molecule has 0 N–H and O–H groups in total. The quantitative estimate of drug-likeness (QED) is 0.402. The molecule has 6 heteroatoms. The largest absolute Gasteiger partial charge is 0.435 e. The van der Waals surface area contributed by atoms with Gasteiger partial charge in [0, 0.05) is 36.5 Å². The third kappa shape index (κ3) is 2.65. The Balaban J connectivity index is 1.63. The van der Waals surface area contributed by atoms with E-state index in [9.17, 15) is 14.4 Å². The third-order valence-corrected chi connectivity index (χ3v) is 10.9. The molecule has 35 heavy (non-hydrogen) atoms. The molecule has 9 atom stereocenters. The minimum Gasteiger partial charge on any atom is -0.435 e. The van der Waals surface area contributed by atoms with Gasteiger partial charge >= 0.3 is 5.97 Å². The lowest BCUT2D eigenvalue weighted by Crippen LogP contribution is -2.64. The van der Waals surface area contributed by atoms with Crippen molar-refractivity contribution in [1.82, 2.24) is 0 Å². The predicted octanol–water partition coefficient (Wildman–Crippen LogP) is 4.63. The Kier molecular flexibility index (Phi) is 4.84. The van der Waals surface area contributed by atoms with E-state index in [1.807, 2.05) is 13.0 Å². The van der Waals surface area contributed by atoms with Gasteiger partial charge in [-0.25, -0.2) is 0 Å². The van der Waals surface area contributed by atoms with Gasteiger partial charge in [0.15, 0.2) is 11.6 Å². The van der Waals surface area contributed by atoms with Crippen LogP contribution in [0, 0.1) is 28.1 Å². The maximum atomic E-state index is 13.2. The van der Waals surface area contributed by atoms with Crippen molar-refractivity contribution in [3.05, 3.63) is 34.4 Å². The highest BCUT2D eigenvalue weighted by molar-refractivity contribution is 5.96. The number of Topliss-reactive ketones (excluding diaryl/α,β-unsaturated/α-hetero) is 1. The molecule has 0 unspecified atom stereocenters. The van der Waals surface area contributed by atoms with Crippen molar-refractivity contribution in [2.45, 2.75) is 98.2 Å².